The number of sulfonamides is 1. The molecule has 0 saturated heterocycles. The maximum Gasteiger partial charge on any atom is 0.242 e. The van der Waals surface area contributed by atoms with Crippen molar-refractivity contribution in [3.63, 3.8) is 0 Å². The number of rotatable bonds is 6. The van der Waals surface area contributed by atoms with Gasteiger partial charge in [-0.25, -0.2) is 13.1 Å². The van der Waals surface area contributed by atoms with Gasteiger partial charge in [0.15, 0.2) is 0 Å². The average Bonchev–Trinajstić information content (AvgIpc) is 2.36. The minimum Gasteiger partial charge on any atom is -0.373 e. The Hall–Kier alpha value is -1.11. The van der Waals surface area contributed by atoms with E-state index in [4.69, 9.17) is 5.73 Å². The lowest BCUT2D eigenvalue weighted by atomic mass is 10.2. The second kappa shape index (κ2) is 6.17. The standard InChI is InChI=1S/C12H21N3O2S/c1-10(13)8-9-15(3)11-6-4-5-7-12(11)18(16,17)14-2/h4-7,10,14H,8-9,13H2,1-3H3. The van der Waals surface area contributed by atoms with Crippen LogP contribution in [0.3, 0.4) is 0 Å². The van der Waals surface area contributed by atoms with Crippen LogP contribution in [-0.4, -0.2) is 35.1 Å². The highest BCUT2D eigenvalue weighted by Gasteiger charge is 2.18. The first-order valence-electron chi connectivity index (χ1n) is 5.87. The summed E-state index contributed by atoms with van der Waals surface area (Å²) < 4.78 is 26.1. The molecular formula is C12H21N3O2S. The van der Waals surface area contributed by atoms with Gasteiger partial charge in [-0.1, -0.05) is 12.1 Å². The molecule has 102 valence electrons. The zero-order chi connectivity index (χ0) is 13.8. The van der Waals surface area contributed by atoms with Crippen molar-refractivity contribution in [3.8, 4) is 0 Å². The molecule has 1 aromatic carbocycles. The zero-order valence-electron chi connectivity index (χ0n) is 11.1. The fourth-order valence-electron chi connectivity index (χ4n) is 1.63. The van der Waals surface area contributed by atoms with E-state index in [1.54, 1.807) is 18.2 Å². The van der Waals surface area contributed by atoms with Crippen molar-refractivity contribution in [1.82, 2.24) is 4.72 Å². The Morgan fingerprint density at radius 1 is 1.39 bits per heavy atom. The maximum absolute atomic E-state index is 11.9. The molecule has 0 aromatic heterocycles. The van der Waals surface area contributed by atoms with Crippen molar-refractivity contribution in [2.24, 2.45) is 5.73 Å². The van der Waals surface area contributed by atoms with Gasteiger partial charge in [0.2, 0.25) is 10.0 Å². The van der Waals surface area contributed by atoms with Crippen LogP contribution in [0, 0.1) is 0 Å². The number of nitrogens with zero attached hydrogens (tertiary/aromatic N) is 1. The van der Waals surface area contributed by atoms with E-state index in [9.17, 15) is 8.42 Å². The van der Waals surface area contributed by atoms with Gasteiger partial charge in [0.25, 0.3) is 0 Å². The molecule has 6 heteroatoms. The molecule has 18 heavy (non-hydrogen) atoms. The van der Waals surface area contributed by atoms with E-state index < -0.39 is 10.0 Å². The van der Waals surface area contributed by atoms with Gasteiger partial charge in [0.05, 0.1) is 5.69 Å². The third-order valence-electron chi connectivity index (χ3n) is 2.75. The highest BCUT2D eigenvalue weighted by atomic mass is 32.2. The third kappa shape index (κ3) is 3.69. The Bertz CT molecular complexity index is 486. The first-order chi connectivity index (χ1) is 8.38. The average molecular weight is 271 g/mol. The van der Waals surface area contributed by atoms with Crippen LogP contribution in [0.25, 0.3) is 0 Å². The fourth-order valence-corrected chi connectivity index (χ4v) is 2.60. The Morgan fingerprint density at radius 2 is 2.00 bits per heavy atom. The minimum absolute atomic E-state index is 0.0977. The van der Waals surface area contributed by atoms with E-state index >= 15 is 0 Å². The molecule has 0 aliphatic carbocycles. The second-order valence-corrected chi connectivity index (χ2v) is 6.22. The number of para-hydroxylation sites is 1. The summed E-state index contributed by atoms with van der Waals surface area (Å²) in [6.45, 7) is 2.65. The summed E-state index contributed by atoms with van der Waals surface area (Å²) in [7, 11) is -0.157. The van der Waals surface area contributed by atoms with Crippen LogP contribution >= 0.6 is 0 Å². The first kappa shape index (κ1) is 14.9. The molecule has 5 nitrogen and oxygen atoms in total. The molecular weight excluding hydrogens is 250 g/mol. The van der Waals surface area contributed by atoms with Gasteiger partial charge in [-0.05, 0) is 32.5 Å². The van der Waals surface area contributed by atoms with Crippen LogP contribution < -0.4 is 15.4 Å². The molecule has 1 unspecified atom stereocenters. The fraction of sp³-hybridized carbons (Fsp3) is 0.500. The van der Waals surface area contributed by atoms with Gasteiger partial charge < -0.3 is 10.6 Å². The number of anilines is 1. The highest BCUT2D eigenvalue weighted by Crippen LogP contribution is 2.23. The summed E-state index contributed by atoms with van der Waals surface area (Å²) in [6.07, 6.45) is 0.810. The van der Waals surface area contributed by atoms with E-state index in [-0.39, 0.29) is 6.04 Å². The summed E-state index contributed by atoms with van der Waals surface area (Å²) >= 11 is 0. The van der Waals surface area contributed by atoms with Crippen LogP contribution in [0.2, 0.25) is 0 Å². The monoisotopic (exact) mass is 271 g/mol. The lowest BCUT2D eigenvalue weighted by Gasteiger charge is -2.22. The zero-order valence-corrected chi connectivity index (χ0v) is 11.9. The van der Waals surface area contributed by atoms with Crippen LogP contribution in [0.15, 0.2) is 29.2 Å². The van der Waals surface area contributed by atoms with Crippen molar-refractivity contribution in [2.75, 3.05) is 25.5 Å². The van der Waals surface area contributed by atoms with Crippen molar-refractivity contribution in [3.05, 3.63) is 24.3 Å². The second-order valence-electron chi connectivity index (χ2n) is 4.36. The number of hydrogen-bond donors (Lipinski definition) is 2. The minimum atomic E-state index is -3.44. The van der Waals surface area contributed by atoms with E-state index in [0.717, 1.165) is 6.42 Å². The molecule has 0 fully saturated rings. The number of hydrogen-bond acceptors (Lipinski definition) is 4. The maximum atomic E-state index is 11.9. The number of nitrogens with one attached hydrogen (secondary N) is 1. The first-order valence-corrected chi connectivity index (χ1v) is 7.36. The summed E-state index contributed by atoms with van der Waals surface area (Å²) in [5.74, 6) is 0. The predicted molar refractivity (Wildman–Crippen MR) is 74.2 cm³/mol. The molecule has 1 atom stereocenters. The number of nitrogens with two attached hydrogens (primary N) is 1. The summed E-state index contributed by atoms with van der Waals surface area (Å²) in [4.78, 5) is 2.20. The molecule has 0 aliphatic heterocycles. The van der Waals surface area contributed by atoms with Gasteiger partial charge in [-0.3, -0.25) is 0 Å². The smallest absolute Gasteiger partial charge is 0.242 e. The quantitative estimate of drug-likeness (QED) is 0.801. The van der Waals surface area contributed by atoms with Crippen LogP contribution in [0.1, 0.15) is 13.3 Å². The van der Waals surface area contributed by atoms with Crippen LogP contribution in [-0.2, 0) is 10.0 Å². The SMILES string of the molecule is CNS(=O)(=O)c1ccccc1N(C)CCC(C)N. The number of benzene rings is 1. The van der Waals surface area contributed by atoms with Crippen LogP contribution in [0.5, 0.6) is 0 Å². The Kier molecular flexibility index (Phi) is 5.13. The van der Waals surface area contributed by atoms with Gasteiger partial charge in [-0.2, -0.15) is 0 Å². The summed E-state index contributed by atoms with van der Waals surface area (Å²) in [6, 6.07) is 7.04. The molecule has 0 saturated carbocycles. The van der Waals surface area contributed by atoms with Gasteiger partial charge in [-0.15, -0.1) is 0 Å². The molecule has 0 bridgehead atoms. The molecule has 0 amide bonds. The van der Waals surface area contributed by atoms with Crippen molar-refractivity contribution < 1.29 is 8.42 Å². The van der Waals surface area contributed by atoms with Crippen molar-refractivity contribution >= 4 is 15.7 Å². The summed E-state index contributed by atoms with van der Waals surface area (Å²) in [5.41, 5.74) is 6.40. The van der Waals surface area contributed by atoms with Crippen LogP contribution in [0.4, 0.5) is 5.69 Å². The van der Waals surface area contributed by atoms with E-state index in [1.807, 2.05) is 24.9 Å². The van der Waals surface area contributed by atoms with Gasteiger partial charge in [0, 0.05) is 19.6 Å². The largest absolute Gasteiger partial charge is 0.373 e. The Morgan fingerprint density at radius 3 is 2.56 bits per heavy atom. The molecule has 0 radical (unpaired) electrons. The lowest BCUT2D eigenvalue weighted by molar-refractivity contribution is 0.587. The van der Waals surface area contributed by atoms with Crippen molar-refractivity contribution in [2.45, 2.75) is 24.3 Å². The van der Waals surface area contributed by atoms with Gasteiger partial charge in [0.1, 0.15) is 4.90 Å². The Balaban J connectivity index is 3.02. The normalized spacial score (nSPS) is 13.3. The molecule has 0 spiro atoms. The van der Waals surface area contributed by atoms with E-state index in [2.05, 4.69) is 4.72 Å². The molecule has 0 aliphatic rings. The molecule has 0 heterocycles. The molecule has 1 aromatic rings. The lowest BCUT2D eigenvalue weighted by Crippen LogP contribution is -2.28. The molecule has 3 N–H and O–H groups in total. The predicted octanol–water partition coefficient (Wildman–Crippen LogP) is 0.768. The Labute approximate surface area is 109 Å². The topological polar surface area (TPSA) is 75.4 Å². The highest BCUT2D eigenvalue weighted by molar-refractivity contribution is 7.89. The summed E-state index contributed by atoms with van der Waals surface area (Å²) in [5, 5.41) is 0. The van der Waals surface area contributed by atoms with E-state index in [1.165, 1.54) is 7.05 Å². The van der Waals surface area contributed by atoms with E-state index in [0.29, 0.717) is 17.1 Å². The third-order valence-corrected chi connectivity index (χ3v) is 4.22. The molecule has 1 rings (SSSR count). The van der Waals surface area contributed by atoms with Crippen molar-refractivity contribution in [1.29, 1.82) is 0 Å². The van der Waals surface area contributed by atoms with Gasteiger partial charge >= 0.3 is 0 Å².